The van der Waals surface area contributed by atoms with Crippen LogP contribution in [0.3, 0.4) is 0 Å². The number of rotatable bonds is 4. The molecule has 1 saturated carbocycles. The molecule has 106 valence electrons. The summed E-state index contributed by atoms with van der Waals surface area (Å²) in [6, 6.07) is 2.86. The van der Waals surface area contributed by atoms with E-state index in [2.05, 4.69) is 9.71 Å². The Morgan fingerprint density at radius 2 is 2.16 bits per heavy atom. The first-order valence-corrected chi connectivity index (χ1v) is 9.06. The van der Waals surface area contributed by atoms with E-state index in [1.165, 1.54) is 24.8 Å². The molecule has 1 aliphatic rings. The van der Waals surface area contributed by atoms with Crippen LogP contribution in [0.25, 0.3) is 0 Å². The third-order valence-electron chi connectivity index (χ3n) is 3.37. The zero-order valence-electron chi connectivity index (χ0n) is 10.9. The molecular formula is C12H19N3O2S2. The van der Waals surface area contributed by atoms with Crippen molar-refractivity contribution >= 4 is 27.6 Å². The lowest BCUT2D eigenvalue weighted by Gasteiger charge is -2.30. The van der Waals surface area contributed by atoms with Crippen LogP contribution < -0.4 is 10.5 Å². The molecule has 0 radical (unpaired) electrons. The average Bonchev–Trinajstić information content (AvgIpc) is 2.39. The van der Waals surface area contributed by atoms with Crippen molar-refractivity contribution in [3.8, 4) is 0 Å². The van der Waals surface area contributed by atoms with Crippen molar-refractivity contribution in [2.75, 3.05) is 12.0 Å². The summed E-state index contributed by atoms with van der Waals surface area (Å²) in [5, 5.41) is 0.350. The molecule has 3 N–H and O–H groups in total. The van der Waals surface area contributed by atoms with Gasteiger partial charge in [-0.3, -0.25) is 0 Å². The number of nitrogens with one attached hydrogen (secondary N) is 1. The third kappa shape index (κ3) is 3.61. The lowest BCUT2D eigenvalue weighted by Crippen LogP contribution is -2.43. The van der Waals surface area contributed by atoms with Gasteiger partial charge in [0.1, 0.15) is 5.82 Å². The number of pyridine rings is 1. The molecule has 2 rings (SSSR count). The van der Waals surface area contributed by atoms with E-state index in [0.29, 0.717) is 5.25 Å². The highest BCUT2D eigenvalue weighted by molar-refractivity contribution is 7.99. The minimum Gasteiger partial charge on any atom is -0.384 e. The van der Waals surface area contributed by atoms with Crippen LogP contribution in [0.5, 0.6) is 0 Å². The highest BCUT2D eigenvalue weighted by atomic mass is 32.2. The van der Waals surface area contributed by atoms with Crippen molar-refractivity contribution < 1.29 is 8.42 Å². The average molecular weight is 301 g/mol. The highest BCUT2D eigenvalue weighted by Gasteiger charge is 2.29. The second-order valence-electron chi connectivity index (χ2n) is 4.70. The van der Waals surface area contributed by atoms with Gasteiger partial charge >= 0.3 is 0 Å². The zero-order valence-corrected chi connectivity index (χ0v) is 12.5. The molecule has 2 atom stereocenters. The highest BCUT2D eigenvalue weighted by Crippen LogP contribution is 2.28. The Morgan fingerprint density at radius 3 is 2.84 bits per heavy atom. The van der Waals surface area contributed by atoms with Gasteiger partial charge in [-0.2, -0.15) is 11.8 Å². The van der Waals surface area contributed by atoms with E-state index in [-0.39, 0.29) is 16.8 Å². The second kappa shape index (κ2) is 6.11. The number of thioether (sulfide) groups is 1. The van der Waals surface area contributed by atoms with Gasteiger partial charge in [0.05, 0.1) is 4.90 Å². The fourth-order valence-electron chi connectivity index (χ4n) is 2.38. The molecule has 0 amide bonds. The van der Waals surface area contributed by atoms with Crippen molar-refractivity contribution in [1.29, 1.82) is 0 Å². The van der Waals surface area contributed by atoms with E-state index in [1.807, 2.05) is 6.26 Å². The quantitative estimate of drug-likeness (QED) is 0.882. The Labute approximate surface area is 118 Å². The van der Waals surface area contributed by atoms with E-state index in [0.717, 1.165) is 19.3 Å². The monoisotopic (exact) mass is 301 g/mol. The minimum absolute atomic E-state index is 0.00291. The van der Waals surface area contributed by atoms with E-state index in [4.69, 9.17) is 5.73 Å². The van der Waals surface area contributed by atoms with Crippen LogP contribution in [0.15, 0.2) is 23.2 Å². The molecule has 1 aliphatic carbocycles. The molecule has 0 aliphatic heterocycles. The van der Waals surface area contributed by atoms with Gasteiger partial charge in [0, 0.05) is 23.6 Å². The first-order chi connectivity index (χ1) is 9.03. The molecule has 5 nitrogen and oxygen atoms in total. The molecule has 1 aromatic heterocycles. The maximum atomic E-state index is 12.3. The SMILES string of the molecule is CSC1CCCCC1NS(=O)(=O)c1ccnc(N)c1. The van der Waals surface area contributed by atoms with Gasteiger partial charge in [0.2, 0.25) is 10.0 Å². The fourth-order valence-corrected chi connectivity index (χ4v) is 4.73. The van der Waals surface area contributed by atoms with Crippen LogP contribution in [0, 0.1) is 0 Å². The number of aromatic nitrogens is 1. The van der Waals surface area contributed by atoms with Gasteiger partial charge in [-0.1, -0.05) is 12.8 Å². The van der Waals surface area contributed by atoms with Crippen LogP contribution >= 0.6 is 11.8 Å². The summed E-state index contributed by atoms with van der Waals surface area (Å²) in [6.07, 6.45) is 7.64. The number of nitrogens with two attached hydrogens (primary N) is 1. The van der Waals surface area contributed by atoms with Crippen LogP contribution in [0.1, 0.15) is 25.7 Å². The van der Waals surface area contributed by atoms with Gasteiger partial charge in [-0.05, 0) is 25.2 Å². The Kier molecular flexibility index (Phi) is 4.70. The van der Waals surface area contributed by atoms with E-state index < -0.39 is 10.0 Å². The van der Waals surface area contributed by atoms with Crippen molar-refractivity contribution in [3.05, 3.63) is 18.3 Å². The molecule has 1 heterocycles. The molecule has 0 saturated heterocycles. The van der Waals surface area contributed by atoms with Gasteiger partial charge in [0.25, 0.3) is 0 Å². The van der Waals surface area contributed by atoms with Crippen molar-refractivity contribution in [2.24, 2.45) is 0 Å². The molecule has 1 aromatic rings. The predicted octanol–water partition coefficient (Wildman–Crippen LogP) is 1.62. The van der Waals surface area contributed by atoms with Crippen LogP contribution in [-0.2, 0) is 10.0 Å². The minimum atomic E-state index is -3.51. The van der Waals surface area contributed by atoms with Gasteiger partial charge in [0.15, 0.2) is 0 Å². The van der Waals surface area contributed by atoms with Crippen molar-refractivity contribution in [1.82, 2.24) is 9.71 Å². The maximum Gasteiger partial charge on any atom is 0.241 e. The third-order valence-corrected chi connectivity index (χ3v) is 6.03. The molecule has 0 bridgehead atoms. The largest absolute Gasteiger partial charge is 0.384 e. The Morgan fingerprint density at radius 1 is 1.42 bits per heavy atom. The molecule has 1 fully saturated rings. The summed E-state index contributed by atoms with van der Waals surface area (Å²) in [5.74, 6) is 0.216. The smallest absolute Gasteiger partial charge is 0.241 e. The number of nitrogen functional groups attached to an aromatic ring is 1. The summed E-state index contributed by atoms with van der Waals surface area (Å²) in [7, 11) is -3.51. The fraction of sp³-hybridized carbons (Fsp3) is 0.583. The lowest BCUT2D eigenvalue weighted by molar-refractivity contribution is 0.423. The summed E-state index contributed by atoms with van der Waals surface area (Å²) >= 11 is 1.73. The van der Waals surface area contributed by atoms with E-state index in [1.54, 1.807) is 11.8 Å². The van der Waals surface area contributed by atoms with Crippen LogP contribution in [-0.4, -0.2) is 30.9 Å². The molecule has 7 heteroatoms. The van der Waals surface area contributed by atoms with Gasteiger partial charge < -0.3 is 5.73 Å². The maximum absolute atomic E-state index is 12.3. The topological polar surface area (TPSA) is 85.1 Å². The predicted molar refractivity (Wildman–Crippen MR) is 78.5 cm³/mol. The normalized spacial score (nSPS) is 24.3. The number of anilines is 1. The Balaban J connectivity index is 2.16. The first kappa shape index (κ1) is 14.6. The van der Waals surface area contributed by atoms with Gasteiger partial charge in [-0.25, -0.2) is 18.1 Å². The number of nitrogens with zero attached hydrogens (tertiary/aromatic N) is 1. The molecule has 0 aromatic carbocycles. The number of hydrogen-bond donors (Lipinski definition) is 2. The molecular weight excluding hydrogens is 282 g/mol. The van der Waals surface area contributed by atoms with E-state index in [9.17, 15) is 8.42 Å². The molecule has 2 unspecified atom stereocenters. The van der Waals surface area contributed by atoms with Crippen LogP contribution in [0.2, 0.25) is 0 Å². The molecule has 19 heavy (non-hydrogen) atoms. The Bertz CT molecular complexity index is 534. The summed E-state index contributed by atoms with van der Waals surface area (Å²) in [4.78, 5) is 4.00. The van der Waals surface area contributed by atoms with Crippen molar-refractivity contribution in [2.45, 2.75) is 41.9 Å². The first-order valence-electron chi connectivity index (χ1n) is 6.29. The second-order valence-corrected chi connectivity index (χ2v) is 7.49. The summed E-state index contributed by atoms with van der Waals surface area (Å²) in [6.45, 7) is 0. The van der Waals surface area contributed by atoms with Gasteiger partial charge in [-0.15, -0.1) is 0 Å². The lowest BCUT2D eigenvalue weighted by atomic mass is 9.96. The standard InChI is InChI=1S/C12H19N3O2S2/c1-18-11-5-3-2-4-10(11)15-19(16,17)9-6-7-14-12(13)8-9/h6-8,10-11,15H,2-5H2,1H3,(H2,13,14). The van der Waals surface area contributed by atoms with Crippen molar-refractivity contribution in [3.63, 3.8) is 0 Å². The molecule has 0 spiro atoms. The summed E-state index contributed by atoms with van der Waals surface area (Å²) in [5.41, 5.74) is 5.53. The Hall–Kier alpha value is -0.790. The number of hydrogen-bond acceptors (Lipinski definition) is 5. The van der Waals surface area contributed by atoms with Crippen LogP contribution in [0.4, 0.5) is 5.82 Å². The van der Waals surface area contributed by atoms with E-state index >= 15 is 0 Å². The summed E-state index contributed by atoms with van der Waals surface area (Å²) < 4.78 is 27.4. The zero-order chi connectivity index (χ0) is 13.9. The number of sulfonamides is 1.